The molecule has 1 fully saturated rings. The van der Waals surface area contributed by atoms with Gasteiger partial charge < -0.3 is 9.88 Å². The van der Waals surface area contributed by atoms with Crippen LogP contribution in [0, 0.1) is 5.92 Å². The maximum atomic E-state index is 4.26. The van der Waals surface area contributed by atoms with E-state index in [0.29, 0.717) is 0 Å². The fourth-order valence-electron chi connectivity index (χ4n) is 2.23. The van der Waals surface area contributed by atoms with Gasteiger partial charge in [-0.05, 0) is 31.8 Å². The Morgan fingerprint density at radius 1 is 1.53 bits per heavy atom. The van der Waals surface area contributed by atoms with Crippen LogP contribution in [0.25, 0.3) is 0 Å². The summed E-state index contributed by atoms with van der Waals surface area (Å²) in [4.78, 5) is 4.26. The highest BCUT2D eigenvalue weighted by Gasteiger charge is 2.39. The van der Waals surface area contributed by atoms with Crippen LogP contribution in [0.15, 0.2) is 12.5 Å². The van der Waals surface area contributed by atoms with Crippen LogP contribution in [0.2, 0.25) is 0 Å². The number of aryl methyl sites for hydroxylation is 1. The summed E-state index contributed by atoms with van der Waals surface area (Å²) in [6.45, 7) is 7.74. The number of nitrogens with one attached hydrogen (secondary N) is 1. The van der Waals surface area contributed by atoms with E-state index in [1.54, 1.807) is 0 Å². The summed E-state index contributed by atoms with van der Waals surface area (Å²) < 4.78 is 2.32. The third kappa shape index (κ3) is 2.40. The molecule has 0 spiro atoms. The molecule has 2 unspecified atom stereocenters. The molecule has 0 radical (unpaired) electrons. The van der Waals surface area contributed by atoms with Crippen molar-refractivity contribution < 1.29 is 0 Å². The number of nitrogens with zero attached hydrogens (tertiary/aromatic N) is 2. The maximum Gasteiger partial charge on any atom is 0.0948 e. The molecule has 1 aromatic rings. The van der Waals surface area contributed by atoms with Gasteiger partial charge in [-0.15, -0.1) is 0 Å². The number of hydrogen-bond donors (Lipinski definition) is 1. The Hall–Kier alpha value is -0.830. The fraction of sp³-hybridized carbons (Fsp3) is 0.750. The molecule has 0 bridgehead atoms. The average molecular weight is 207 g/mol. The van der Waals surface area contributed by atoms with Gasteiger partial charge in [0.05, 0.1) is 6.33 Å². The minimum Gasteiger partial charge on any atom is -0.334 e. The van der Waals surface area contributed by atoms with Crippen molar-refractivity contribution in [2.24, 2.45) is 5.92 Å². The molecule has 1 saturated carbocycles. The second kappa shape index (κ2) is 4.79. The summed E-state index contributed by atoms with van der Waals surface area (Å²) in [5, 5.41) is 3.42. The highest BCUT2D eigenvalue weighted by molar-refractivity contribution is 5.16. The minimum atomic E-state index is 0.762. The van der Waals surface area contributed by atoms with E-state index in [-0.39, 0.29) is 0 Å². The molecule has 3 heteroatoms. The van der Waals surface area contributed by atoms with Gasteiger partial charge in [0.1, 0.15) is 0 Å². The number of imidazole rings is 1. The highest BCUT2D eigenvalue weighted by atomic mass is 15.1. The topological polar surface area (TPSA) is 29.9 Å². The van der Waals surface area contributed by atoms with E-state index in [9.17, 15) is 0 Å². The molecule has 1 aliphatic rings. The lowest BCUT2D eigenvalue weighted by atomic mass is 10.2. The lowest BCUT2D eigenvalue weighted by Gasteiger charge is -2.06. The average Bonchev–Trinajstić information content (AvgIpc) is 2.87. The molecule has 2 rings (SSSR count). The summed E-state index contributed by atoms with van der Waals surface area (Å²) in [7, 11) is 0. The molecule has 2 atom stereocenters. The van der Waals surface area contributed by atoms with Crippen molar-refractivity contribution >= 4 is 0 Å². The molecular formula is C12H21N3. The first kappa shape index (κ1) is 10.7. The van der Waals surface area contributed by atoms with Gasteiger partial charge in [0, 0.05) is 24.4 Å². The molecule has 0 saturated heterocycles. The molecule has 1 heterocycles. The standard InChI is InChI=1S/C12H21N3/c1-3-5-15-9-14-8-12(15)11-6-10(11)7-13-4-2/h8-11,13H,3-7H2,1-2H3. The Bertz CT molecular complexity index is 306. The van der Waals surface area contributed by atoms with Gasteiger partial charge in [0.2, 0.25) is 0 Å². The number of rotatable bonds is 6. The molecule has 15 heavy (non-hydrogen) atoms. The lowest BCUT2D eigenvalue weighted by molar-refractivity contribution is 0.613. The second-order valence-corrected chi connectivity index (χ2v) is 4.42. The van der Waals surface area contributed by atoms with Crippen molar-refractivity contribution in [3.8, 4) is 0 Å². The normalized spacial score (nSPS) is 24.4. The van der Waals surface area contributed by atoms with Crippen LogP contribution in [0.4, 0.5) is 0 Å². The van der Waals surface area contributed by atoms with Gasteiger partial charge in [-0.1, -0.05) is 13.8 Å². The van der Waals surface area contributed by atoms with Crippen molar-refractivity contribution in [2.75, 3.05) is 13.1 Å². The first-order valence-corrected chi connectivity index (χ1v) is 6.07. The lowest BCUT2D eigenvalue weighted by Crippen LogP contribution is -2.16. The zero-order chi connectivity index (χ0) is 10.7. The van der Waals surface area contributed by atoms with Gasteiger partial charge >= 0.3 is 0 Å². The summed E-state index contributed by atoms with van der Waals surface area (Å²) in [5.74, 6) is 1.61. The van der Waals surface area contributed by atoms with E-state index in [1.165, 1.54) is 25.1 Å². The molecule has 1 aromatic heterocycles. The summed E-state index contributed by atoms with van der Waals surface area (Å²) in [5.41, 5.74) is 1.44. The van der Waals surface area contributed by atoms with Crippen LogP contribution in [0.1, 0.15) is 38.3 Å². The Balaban J connectivity index is 1.91. The van der Waals surface area contributed by atoms with Crippen molar-refractivity contribution in [1.82, 2.24) is 14.9 Å². The van der Waals surface area contributed by atoms with E-state index < -0.39 is 0 Å². The van der Waals surface area contributed by atoms with Crippen LogP contribution in [-0.2, 0) is 6.54 Å². The van der Waals surface area contributed by atoms with Gasteiger partial charge in [0.15, 0.2) is 0 Å². The molecule has 3 nitrogen and oxygen atoms in total. The zero-order valence-corrected chi connectivity index (χ0v) is 9.74. The quantitative estimate of drug-likeness (QED) is 0.773. The van der Waals surface area contributed by atoms with E-state index in [4.69, 9.17) is 0 Å². The molecular weight excluding hydrogens is 186 g/mol. The molecule has 0 aromatic carbocycles. The van der Waals surface area contributed by atoms with Gasteiger partial charge in [-0.25, -0.2) is 4.98 Å². The Labute approximate surface area is 91.9 Å². The van der Waals surface area contributed by atoms with Crippen molar-refractivity contribution in [1.29, 1.82) is 0 Å². The van der Waals surface area contributed by atoms with Crippen LogP contribution in [0.5, 0.6) is 0 Å². The zero-order valence-electron chi connectivity index (χ0n) is 9.74. The summed E-state index contributed by atoms with van der Waals surface area (Å²) in [6, 6.07) is 0. The smallest absolute Gasteiger partial charge is 0.0948 e. The molecule has 84 valence electrons. The van der Waals surface area contributed by atoms with E-state index in [1.807, 2.05) is 12.5 Å². The van der Waals surface area contributed by atoms with E-state index in [0.717, 1.165) is 24.9 Å². The van der Waals surface area contributed by atoms with Gasteiger partial charge in [0.25, 0.3) is 0 Å². The molecule has 1 N–H and O–H groups in total. The second-order valence-electron chi connectivity index (χ2n) is 4.42. The molecule has 1 aliphatic carbocycles. The third-order valence-corrected chi connectivity index (χ3v) is 3.17. The van der Waals surface area contributed by atoms with Crippen molar-refractivity contribution in [2.45, 2.75) is 39.2 Å². The minimum absolute atomic E-state index is 0.762. The third-order valence-electron chi connectivity index (χ3n) is 3.17. The molecule has 0 aliphatic heterocycles. The fourth-order valence-corrected chi connectivity index (χ4v) is 2.23. The first-order chi connectivity index (χ1) is 7.36. The number of hydrogen-bond acceptors (Lipinski definition) is 2. The van der Waals surface area contributed by atoms with Crippen LogP contribution < -0.4 is 5.32 Å². The SMILES string of the molecule is CCCn1cncc1C1CC1CNCC. The van der Waals surface area contributed by atoms with Gasteiger partial charge in [-0.3, -0.25) is 0 Å². The van der Waals surface area contributed by atoms with Crippen LogP contribution in [-0.4, -0.2) is 22.6 Å². The number of aromatic nitrogens is 2. The summed E-state index contributed by atoms with van der Waals surface area (Å²) in [6.07, 6.45) is 6.55. The Kier molecular flexibility index (Phi) is 3.41. The highest BCUT2D eigenvalue weighted by Crippen LogP contribution is 2.46. The monoisotopic (exact) mass is 207 g/mol. The maximum absolute atomic E-state index is 4.26. The largest absolute Gasteiger partial charge is 0.334 e. The Morgan fingerprint density at radius 3 is 3.13 bits per heavy atom. The molecule has 0 amide bonds. The predicted octanol–water partition coefficient (Wildman–Crippen LogP) is 2.01. The van der Waals surface area contributed by atoms with E-state index in [2.05, 4.69) is 28.7 Å². The van der Waals surface area contributed by atoms with Crippen LogP contribution >= 0.6 is 0 Å². The van der Waals surface area contributed by atoms with Crippen molar-refractivity contribution in [3.63, 3.8) is 0 Å². The Morgan fingerprint density at radius 2 is 2.40 bits per heavy atom. The predicted molar refractivity (Wildman–Crippen MR) is 61.9 cm³/mol. The first-order valence-electron chi connectivity index (χ1n) is 6.07. The van der Waals surface area contributed by atoms with Crippen LogP contribution in [0.3, 0.4) is 0 Å². The van der Waals surface area contributed by atoms with Crippen molar-refractivity contribution in [3.05, 3.63) is 18.2 Å². The van der Waals surface area contributed by atoms with E-state index >= 15 is 0 Å². The summed E-state index contributed by atoms with van der Waals surface area (Å²) >= 11 is 0. The van der Waals surface area contributed by atoms with Gasteiger partial charge in [-0.2, -0.15) is 0 Å².